The van der Waals surface area contributed by atoms with Gasteiger partial charge in [0.2, 0.25) is 19.7 Å². The molecule has 0 saturated heterocycles. The predicted octanol–water partition coefficient (Wildman–Crippen LogP) is 15.0. The molecule has 2 unspecified atom stereocenters. The maximum atomic E-state index is 15.0. The fourth-order valence-electron chi connectivity index (χ4n) is 16.0. The van der Waals surface area contributed by atoms with E-state index in [9.17, 15) is 27.4 Å². The Morgan fingerprint density at radius 2 is 0.610 bits per heavy atom. The molecule has 82 heavy (non-hydrogen) atoms. The summed E-state index contributed by atoms with van der Waals surface area (Å²) in [7, 11) is -5.80. The van der Waals surface area contributed by atoms with Crippen molar-refractivity contribution < 1.29 is 54.7 Å². The van der Waals surface area contributed by atoms with Crippen LogP contribution in [-0.2, 0) is 52.2 Å². The number of benzene rings is 7. The van der Waals surface area contributed by atoms with Crippen molar-refractivity contribution in [1.29, 1.82) is 10.5 Å². The predicted molar refractivity (Wildman–Crippen MR) is 301 cm³/mol. The first-order valence-electron chi connectivity index (χ1n) is 27.4. The maximum Gasteiger partial charge on any atom is 0.209 e. The van der Waals surface area contributed by atoms with E-state index in [1.165, 1.54) is 29.8 Å². The van der Waals surface area contributed by atoms with E-state index in [1.807, 2.05) is 36.4 Å². The first kappa shape index (κ1) is 50.8. The number of rotatable bonds is 2. The van der Waals surface area contributed by atoms with Gasteiger partial charge < -0.3 is 37.9 Å². The number of nitriles is 2. The van der Waals surface area contributed by atoms with Gasteiger partial charge in [0, 0.05) is 35.1 Å². The highest BCUT2D eigenvalue weighted by Gasteiger charge is 2.59. The molecule has 0 radical (unpaired) electrons. The molecule has 0 saturated carbocycles. The van der Waals surface area contributed by atoms with E-state index in [4.69, 9.17) is 37.9 Å². The van der Waals surface area contributed by atoms with Gasteiger partial charge in [0.25, 0.3) is 0 Å². The molecule has 7 aromatic carbocycles. The molecule has 414 valence electrons. The largest absolute Gasteiger partial charge is 0.493 e. The van der Waals surface area contributed by atoms with Crippen molar-refractivity contribution in [2.24, 2.45) is 0 Å². The van der Waals surface area contributed by atoms with Gasteiger partial charge in [-0.15, -0.1) is 0 Å². The van der Waals surface area contributed by atoms with Crippen molar-refractivity contribution in [3.05, 3.63) is 140 Å². The van der Waals surface area contributed by atoms with Crippen molar-refractivity contribution in [1.82, 2.24) is 0 Å². The van der Waals surface area contributed by atoms with Crippen molar-refractivity contribution in [2.75, 3.05) is 14.2 Å². The van der Waals surface area contributed by atoms with E-state index < -0.39 is 55.5 Å². The van der Waals surface area contributed by atoms with E-state index in [-0.39, 0.29) is 50.7 Å². The van der Waals surface area contributed by atoms with Crippen LogP contribution in [0.4, 0.5) is 0 Å². The first-order valence-corrected chi connectivity index (χ1v) is 30.3. The molecule has 14 nitrogen and oxygen atoms in total. The zero-order valence-corrected chi connectivity index (χ0v) is 49.0. The molecular weight excluding hydrogens is 1080 g/mol. The number of hydrogen-bond donors (Lipinski definition) is 0. The Bertz CT molecular complexity index is 4600. The number of nitrogens with zero attached hydrogens (tertiary/aromatic N) is 2. The molecule has 2 atom stereocenters. The van der Waals surface area contributed by atoms with Crippen LogP contribution in [0.3, 0.4) is 0 Å². The van der Waals surface area contributed by atoms with Gasteiger partial charge >= 0.3 is 0 Å². The van der Waals surface area contributed by atoms with Crippen molar-refractivity contribution >= 4 is 19.7 Å². The van der Waals surface area contributed by atoms with Crippen LogP contribution in [0.1, 0.15) is 148 Å². The molecule has 4 aliphatic heterocycles. The van der Waals surface area contributed by atoms with Crippen LogP contribution in [0, 0.1) is 36.5 Å². The first-order chi connectivity index (χ1) is 38.6. The van der Waals surface area contributed by atoms with Crippen molar-refractivity contribution in [3.63, 3.8) is 0 Å². The van der Waals surface area contributed by atoms with Gasteiger partial charge in [-0.05, 0) is 165 Å². The standard InChI is InChI=1S/C66H56N2O12S2/c1-31-32(2)34(26-68)60-59(33(31)25-67)79-49-16-38-42(20-50(49)80-60)66(30-64(38,9)10)29-63(7,8)37-15-46-48(19-41(37)66)78-54-24-58-56(22-52(54)76-46)81(69,70)57-23-53-51(21-55(57)82(58,71)72)75-45-14-36-40(18-47(45)77-53)65(28-62(36,5)6)27-61(3,4)35-13-43(73-11)44(74-12)17-39(35)65/h13-24H,27-30H2,1-12H3. The number of fused-ring (bicyclic) bond motifs is 16. The van der Waals surface area contributed by atoms with Crippen LogP contribution in [0.25, 0.3) is 0 Å². The molecule has 4 aliphatic carbocycles. The Kier molecular flexibility index (Phi) is 9.58. The summed E-state index contributed by atoms with van der Waals surface area (Å²) in [6.45, 7) is 21.3. The summed E-state index contributed by atoms with van der Waals surface area (Å²) in [5, 5.41) is 20.5. The summed E-state index contributed by atoms with van der Waals surface area (Å²) in [4.78, 5) is -1.78. The van der Waals surface area contributed by atoms with Crippen LogP contribution in [-0.4, -0.2) is 31.1 Å². The second kappa shape index (κ2) is 15.5. The van der Waals surface area contributed by atoms with Crippen LogP contribution in [0.5, 0.6) is 80.5 Å². The zero-order chi connectivity index (χ0) is 57.7. The third-order valence-corrected chi connectivity index (χ3v) is 23.3. The fraction of sp³-hybridized carbons (Fsp3) is 0.333. The molecule has 0 bridgehead atoms. The second-order valence-electron chi connectivity index (χ2n) is 26.2. The summed E-state index contributed by atoms with van der Waals surface area (Å²) in [6.07, 6.45) is 3.00. The van der Waals surface area contributed by atoms with E-state index in [2.05, 4.69) is 79.7 Å². The van der Waals surface area contributed by atoms with Crippen LogP contribution >= 0.6 is 0 Å². The van der Waals surface area contributed by atoms with Crippen LogP contribution in [0.15, 0.2) is 92.4 Å². The molecule has 0 aromatic heterocycles. The minimum atomic E-state index is -4.54. The van der Waals surface area contributed by atoms with E-state index in [1.54, 1.807) is 28.1 Å². The second-order valence-corrected chi connectivity index (χ2v) is 30.0. The van der Waals surface area contributed by atoms with Gasteiger partial charge in [-0.2, -0.15) is 10.5 Å². The lowest BCUT2D eigenvalue weighted by Crippen LogP contribution is -2.27. The molecule has 2 spiro atoms. The zero-order valence-electron chi connectivity index (χ0n) is 47.4. The SMILES string of the molecule is COc1cc2c(cc1OC)C1(CC2(C)C)CC(C)(C)c2cc3c(cc21)Oc1cc2c(cc1O3)S(=O)(=O)c1cc3c(cc1S2(=O)=O)Oc1cc2c(cc1O3)C1(CC2(C)C)CC(C)(C)c2cc3c(cc21)Oc1c(C#N)c(C)c(C)c(C#N)c1O3. The molecule has 15 rings (SSSR count). The normalized spacial score (nSPS) is 22.7. The molecule has 0 fully saturated rings. The summed E-state index contributed by atoms with van der Waals surface area (Å²) < 4.78 is 111. The topological polar surface area (TPSA) is 190 Å². The fourth-order valence-corrected chi connectivity index (χ4v) is 20.1. The highest BCUT2D eigenvalue weighted by molar-refractivity contribution is 7.97. The lowest BCUT2D eigenvalue weighted by molar-refractivity contribution is 0.346. The molecule has 8 aliphatic rings. The Balaban J connectivity index is 0.786. The lowest BCUT2D eigenvalue weighted by atomic mass is 9.72. The van der Waals surface area contributed by atoms with E-state index in [0.717, 1.165) is 51.8 Å². The average Bonchev–Trinajstić information content (AvgIpc) is 1.70. The number of sulfone groups is 2. The van der Waals surface area contributed by atoms with Gasteiger partial charge in [-0.1, -0.05) is 55.4 Å². The Morgan fingerprint density at radius 3 is 0.890 bits per heavy atom. The highest BCUT2D eigenvalue weighted by Crippen LogP contribution is 2.69. The monoisotopic (exact) mass is 1130 g/mol. The summed E-state index contributed by atoms with van der Waals surface area (Å²) in [5.41, 5.74) is 8.20. The lowest BCUT2D eigenvalue weighted by Gasteiger charge is -2.31. The van der Waals surface area contributed by atoms with Crippen molar-refractivity contribution in [2.45, 2.75) is 147 Å². The average molecular weight is 1130 g/mol. The van der Waals surface area contributed by atoms with Gasteiger partial charge in [0.1, 0.15) is 23.3 Å². The van der Waals surface area contributed by atoms with Crippen molar-refractivity contribution in [3.8, 4) is 92.6 Å². The van der Waals surface area contributed by atoms with E-state index in [0.29, 0.717) is 81.1 Å². The smallest absolute Gasteiger partial charge is 0.209 e. The van der Waals surface area contributed by atoms with Gasteiger partial charge in [0.05, 0.1) is 33.8 Å². The van der Waals surface area contributed by atoms with Gasteiger partial charge in [0.15, 0.2) is 80.5 Å². The minimum Gasteiger partial charge on any atom is -0.493 e. The quantitative estimate of drug-likeness (QED) is 0.159. The minimum absolute atomic E-state index is 0.0345. The number of methoxy groups -OCH3 is 2. The third kappa shape index (κ3) is 6.26. The molecule has 0 N–H and O–H groups in total. The number of ether oxygens (including phenoxy) is 8. The Hall–Kier alpha value is -8.18. The van der Waals surface area contributed by atoms with Gasteiger partial charge in [-0.25, -0.2) is 16.8 Å². The maximum absolute atomic E-state index is 15.0. The highest BCUT2D eigenvalue weighted by atomic mass is 32.2. The summed E-state index contributed by atoms with van der Waals surface area (Å²) >= 11 is 0. The van der Waals surface area contributed by atoms with Crippen LogP contribution in [0.2, 0.25) is 0 Å². The van der Waals surface area contributed by atoms with E-state index >= 15 is 0 Å². The summed E-state index contributed by atoms with van der Waals surface area (Å²) in [6, 6.07) is 25.6. The van der Waals surface area contributed by atoms with Gasteiger partial charge in [-0.3, -0.25) is 0 Å². The molecular formula is C66H56N2O12S2. The molecule has 4 heterocycles. The molecule has 16 heteroatoms. The summed E-state index contributed by atoms with van der Waals surface area (Å²) in [5.74, 6) is 4.30. The number of hydrogen-bond acceptors (Lipinski definition) is 14. The van der Waals surface area contributed by atoms with Crippen LogP contribution < -0.4 is 37.9 Å². The third-order valence-electron chi connectivity index (χ3n) is 19.4. The Labute approximate surface area is 475 Å². The Morgan fingerprint density at radius 1 is 0.378 bits per heavy atom. The molecule has 7 aromatic rings. The molecule has 0 amide bonds.